The van der Waals surface area contributed by atoms with E-state index < -0.39 is 5.60 Å². The SMILES string of the molecule is CC(C)(O)c1nc(-c2cccc(C=NO)c2)no1. The summed E-state index contributed by atoms with van der Waals surface area (Å²) in [5.74, 6) is 0.527. The van der Waals surface area contributed by atoms with Crippen LogP contribution in [0.3, 0.4) is 0 Å². The predicted molar refractivity (Wildman–Crippen MR) is 64.4 cm³/mol. The van der Waals surface area contributed by atoms with Crippen LogP contribution in [0.25, 0.3) is 11.4 Å². The first kappa shape index (κ1) is 12.3. The third-order valence-corrected chi connectivity index (χ3v) is 2.30. The molecule has 6 heteroatoms. The lowest BCUT2D eigenvalue weighted by Gasteiger charge is -2.09. The van der Waals surface area contributed by atoms with Crippen LogP contribution in [0.4, 0.5) is 0 Å². The molecule has 0 bridgehead atoms. The molecule has 0 aliphatic carbocycles. The molecule has 0 aliphatic heterocycles. The number of aliphatic hydroxyl groups is 1. The lowest BCUT2D eigenvalue weighted by atomic mass is 10.1. The van der Waals surface area contributed by atoms with Gasteiger partial charge in [-0.2, -0.15) is 4.98 Å². The van der Waals surface area contributed by atoms with Crippen LogP contribution >= 0.6 is 0 Å². The molecule has 0 fully saturated rings. The average Bonchev–Trinajstić information content (AvgIpc) is 2.78. The Balaban J connectivity index is 2.37. The van der Waals surface area contributed by atoms with E-state index >= 15 is 0 Å². The van der Waals surface area contributed by atoms with Gasteiger partial charge in [-0.15, -0.1) is 0 Å². The van der Waals surface area contributed by atoms with Gasteiger partial charge in [0.2, 0.25) is 5.82 Å². The lowest BCUT2D eigenvalue weighted by Crippen LogP contribution is -2.15. The van der Waals surface area contributed by atoms with Crippen LogP contribution in [-0.4, -0.2) is 26.7 Å². The van der Waals surface area contributed by atoms with Crippen molar-refractivity contribution < 1.29 is 14.8 Å². The molecule has 0 amide bonds. The molecule has 2 aromatic rings. The Labute approximate surface area is 104 Å². The number of aromatic nitrogens is 2. The van der Waals surface area contributed by atoms with Crippen LogP contribution < -0.4 is 0 Å². The third kappa shape index (κ3) is 2.54. The largest absolute Gasteiger partial charge is 0.411 e. The molecule has 2 N–H and O–H groups in total. The van der Waals surface area contributed by atoms with Crippen molar-refractivity contribution >= 4 is 6.21 Å². The first-order valence-corrected chi connectivity index (χ1v) is 5.35. The Kier molecular flexibility index (Phi) is 3.12. The maximum absolute atomic E-state index is 9.74. The van der Waals surface area contributed by atoms with Crippen LogP contribution in [0.5, 0.6) is 0 Å². The van der Waals surface area contributed by atoms with Crippen molar-refractivity contribution in [2.24, 2.45) is 5.16 Å². The standard InChI is InChI=1S/C12H13N3O3/c1-12(2,16)11-14-10(15-18-11)9-5-3-4-8(6-9)7-13-17/h3-7,16-17H,1-2H3. The summed E-state index contributed by atoms with van der Waals surface area (Å²) in [4.78, 5) is 4.12. The maximum atomic E-state index is 9.74. The second-order valence-electron chi connectivity index (χ2n) is 4.35. The van der Waals surface area contributed by atoms with Gasteiger partial charge in [0.05, 0.1) is 6.21 Å². The Morgan fingerprint density at radius 3 is 2.78 bits per heavy atom. The Morgan fingerprint density at radius 2 is 2.17 bits per heavy atom. The van der Waals surface area contributed by atoms with Crippen LogP contribution in [0.1, 0.15) is 25.3 Å². The quantitative estimate of drug-likeness (QED) is 0.490. The predicted octanol–water partition coefficient (Wildman–Crippen LogP) is 1.77. The molecular formula is C12H13N3O3. The second kappa shape index (κ2) is 4.58. The molecule has 18 heavy (non-hydrogen) atoms. The fraction of sp³-hybridized carbons (Fsp3) is 0.250. The van der Waals surface area contributed by atoms with Crippen molar-refractivity contribution in [1.82, 2.24) is 10.1 Å². The van der Waals surface area contributed by atoms with E-state index in [1.807, 2.05) is 0 Å². The maximum Gasteiger partial charge on any atom is 0.258 e. The van der Waals surface area contributed by atoms with E-state index in [9.17, 15) is 5.11 Å². The number of rotatable bonds is 3. The van der Waals surface area contributed by atoms with Gasteiger partial charge in [-0.1, -0.05) is 28.5 Å². The third-order valence-electron chi connectivity index (χ3n) is 2.30. The molecule has 0 unspecified atom stereocenters. The number of oxime groups is 1. The Bertz CT molecular complexity index is 570. The lowest BCUT2D eigenvalue weighted by molar-refractivity contribution is 0.0420. The highest BCUT2D eigenvalue weighted by atomic mass is 16.5. The van der Waals surface area contributed by atoms with E-state index in [-0.39, 0.29) is 5.89 Å². The van der Waals surface area contributed by atoms with Crippen LogP contribution in [-0.2, 0) is 5.60 Å². The molecule has 94 valence electrons. The average molecular weight is 247 g/mol. The second-order valence-corrected chi connectivity index (χ2v) is 4.35. The highest BCUT2D eigenvalue weighted by Gasteiger charge is 2.24. The minimum Gasteiger partial charge on any atom is -0.411 e. The van der Waals surface area contributed by atoms with Gasteiger partial charge in [-0.05, 0) is 25.5 Å². The van der Waals surface area contributed by atoms with Crippen molar-refractivity contribution in [1.29, 1.82) is 0 Å². The van der Waals surface area contributed by atoms with Gasteiger partial charge < -0.3 is 14.8 Å². The summed E-state index contributed by atoms with van der Waals surface area (Å²) in [5, 5.41) is 25.0. The van der Waals surface area contributed by atoms with Crippen LogP contribution in [0.15, 0.2) is 33.9 Å². The van der Waals surface area contributed by atoms with Gasteiger partial charge in [0, 0.05) is 5.56 Å². The van der Waals surface area contributed by atoms with Gasteiger partial charge in [0.25, 0.3) is 5.89 Å². The van der Waals surface area contributed by atoms with Crippen molar-refractivity contribution in [3.8, 4) is 11.4 Å². The minimum atomic E-state index is -1.17. The molecule has 1 aromatic carbocycles. The monoisotopic (exact) mass is 247 g/mol. The van der Waals surface area contributed by atoms with Crippen molar-refractivity contribution in [2.75, 3.05) is 0 Å². The summed E-state index contributed by atoms with van der Waals surface area (Å²) < 4.78 is 4.99. The van der Waals surface area contributed by atoms with Gasteiger partial charge in [-0.25, -0.2) is 0 Å². The van der Waals surface area contributed by atoms with Gasteiger partial charge in [0.15, 0.2) is 0 Å². The van der Waals surface area contributed by atoms with E-state index in [0.717, 1.165) is 0 Å². The van der Waals surface area contributed by atoms with Crippen molar-refractivity contribution in [2.45, 2.75) is 19.4 Å². The zero-order valence-electron chi connectivity index (χ0n) is 10.0. The zero-order valence-corrected chi connectivity index (χ0v) is 10.0. The molecule has 0 atom stereocenters. The first-order chi connectivity index (χ1) is 8.50. The fourth-order valence-corrected chi connectivity index (χ4v) is 1.41. The molecule has 2 rings (SSSR count). The molecular weight excluding hydrogens is 234 g/mol. The van der Waals surface area contributed by atoms with Gasteiger partial charge in [-0.3, -0.25) is 0 Å². The zero-order chi connectivity index (χ0) is 13.2. The topological polar surface area (TPSA) is 91.7 Å². The van der Waals surface area contributed by atoms with E-state index in [0.29, 0.717) is 17.0 Å². The van der Waals surface area contributed by atoms with E-state index in [1.54, 1.807) is 38.1 Å². The number of nitrogens with zero attached hydrogens (tertiary/aromatic N) is 3. The summed E-state index contributed by atoms with van der Waals surface area (Å²) in [6, 6.07) is 7.11. The Morgan fingerprint density at radius 1 is 1.39 bits per heavy atom. The molecule has 1 heterocycles. The molecule has 0 radical (unpaired) electrons. The number of hydrogen-bond donors (Lipinski definition) is 2. The molecule has 6 nitrogen and oxygen atoms in total. The van der Waals surface area contributed by atoms with Crippen molar-refractivity contribution in [3.63, 3.8) is 0 Å². The van der Waals surface area contributed by atoms with Crippen LogP contribution in [0, 0.1) is 0 Å². The summed E-state index contributed by atoms with van der Waals surface area (Å²) in [6.45, 7) is 3.14. The summed E-state index contributed by atoms with van der Waals surface area (Å²) in [5.41, 5.74) is 0.256. The van der Waals surface area contributed by atoms with Crippen molar-refractivity contribution in [3.05, 3.63) is 35.7 Å². The molecule has 0 aliphatic rings. The summed E-state index contributed by atoms with van der Waals surface area (Å²) >= 11 is 0. The van der Waals surface area contributed by atoms with Gasteiger partial charge in [0.1, 0.15) is 5.60 Å². The summed E-state index contributed by atoms with van der Waals surface area (Å²) in [6.07, 6.45) is 1.31. The normalized spacial score (nSPS) is 12.2. The van der Waals surface area contributed by atoms with E-state index in [1.165, 1.54) is 6.21 Å². The van der Waals surface area contributed by atoms with Crippen LogP contribution in [0.2, 0.25) is 0 Å². The molecule has 0 spiro atoms. The highest BCUT2D eigenvalue weighted by Crippen LogP contribution is 2.22. The summed E-state index contributed by atoms with van der Waals surface area (Å²) in [7, 11) is 0. The van der Waals surface area contributed by atoms with E-state index in [2.05, 4.69) is 15.3 Å². The highest BCUT2D eigenvalue weighted by molar-refractivity contribution is 5.81. The van der Waals surface area contributed by atoms with E-state index in [4.69, 9.17) is 9.73 Å². The molecule has 1 aromatic heterocycles. The molecule has 0 saturated heterocycles. The molecule has 0 saturated carbocycles. The smallest absolute Gasteiger partial charge is 0.258 e. The first-order valence-electron chi connectivity index (χ1n) is 5.35. The Hall–Kier alpha value is -2.21. The minimum absolute atomic E-state index is 0.152. The fourth-order valence-electron chi connectivity index (χ4n) is 1.41. The van der Waals surface area contributed by atoms with Gasteiger partial charge >= 0.3 is 0 Å². The number of hydrogen-bond acceptors (Lipinski definition) is 6. The number of benzene rings is 1.